The van der Waals surface area contributed by atoms with E-state index in [-0.39, 0.29) is 18.4 Å². The summed E-state index contributed by atoms with van der Waals surface area (Å²) in [7, 11) is 0. The molecule has 0 bridgehead atoms. The van der Waals surface area contributed by atoms with E-state index in [1.807, 2.05) is 29.6 Å². The minimum absolute atomic E-state index is 0.210. The lowest BCUT2D eigenvalue weighted by Gasteiger charge is -2.33. The van der Waals surface area contributed by atoms with Gasteiger partial charge < -0.3 is 9.80 Å². The molecule has 1 aromatic heterocycles. The van der Waals surface area contributed by atoms with E-state index < -0.39 is 10.7 Å². The van der Waals surface area contributed by atoms with E-state index >= 15 is 0 Å². The molecular weight excluding hydrogens is 443 g/mol. The van der Waals surface area contributed by atoms with Gasteiger partial charge in [-0.1, -0.05) is 35.9 Å². The highest BCUT2D eigenvalue weighted by Crippen LogP contribution is 2.55. The second-order valence-electron chi connectivity index (χ2n) is 7.07. The van der Waals surface area contributed by atoms with E-state index in [1.165, 1.54) is 35.2 Å². The molecule has 1 unspecified atom stereocenters. The molecule has 0 aliphatic carbocycles. The van der Waals surface area contributed by atoms with Crippen molar-refractivity contribution in [2.24, 2.45) is 0 Å². The Morgan fingerprint density at radius 1 is 1.17 bits per heavy atom. The topological polar surface area (TPSA) is 40.6 Å². The Hall–Kier alpha value is -2.35. The van der Waals surface area contributed by atoms with E-state index in [0.717, 1.165) is 5.56 Å². The smallest absolute Gasteiger partial charge is 0.268 e. The fourth-order valence-corrected chi connectivity index (χ4v) is 6.39. The number of thiophene rings is 1. The van der Waals surface area contributed by atoms with Gasteiger partial charge in [0.15, 0.2) is 4.87 Å². The molecule has 1 fully saturated rings. The Balaban J connectivity index is 1.62. The molecule has 4 nitrogen and oxygen atoms in total. The number of carbonyl (C=O) groups excluding carboxylic acids is 2. The number of carbonyl (C=O) groups is 2. The van der Waals surface area contributed by atoms with Crippen molar-refractivity contribution >= 4 is 52.2 Å². The summed E-state index contributed by atoms with van der Waals surface area (Å²) in [5.74, 6) is -0.288. The first-order valence-corrected chi connectivity index (χ1v) is 11.6. The lowest BCUT2D eigenvalue weighted by molar-refractivity contribution is -0.123. The summed E-state index contributed by atoms with van der Waals surface area (Å²) in [6.07, 6.45) is 0. The van der Waals surface area contributed by atoms with Crippen molar-refractivity contribution in [3.05, 3.63) is 86.8 Å². The summed E-state index contributed by atoms with van der Waals surface area (Å²) in [5.41, 5.74) is 1.92. The maximum Gasteiger partial charge on any atom is 0.268 e. The Bertz CT molecular complexity index is 1150. The van der Waals surface area contributed by atoms with Crippen LogP contribution < -0.4 is 4.90 Å². The number of hydrogen-bond acceptors (Lipinski definition) is 4. The SMILES string of the molecule is O=C(c1cccs1)N1CCSC12C(=O)N(Cc1ccccc1Cl)c1ccc(F)cc12. The standard InChI is InChI=1S/C22H16ClFN2O2S2/c23-17-5-2-1-4-14(17)13-25-18-8-7-15(24)12-16(18)22(21(25)28)26(9-11-30-22)20(27)19-6-3-10-29-19/h1-8,10,12H,9,11,13H2. The Morgan fingerprint density at radius 2 is 2.00 bits per heavy atom. The van der Waals surface area contributed by atoms with Gasteiger partial charge in [0.05, 0.1) is 17.1 Å². The molecule has 3 aromatic rings. The first-order valence-electron chi connectivity index (χ1n) is 9.37. The predicted molar refractivity (Wildman–Crippen MR) is 119 cm³/mol. The molecule has 3 heterocycles. The molecule has 2 aromatic carbocycles. The van der Waals surface area contributed by atoms with Crippen LogP contribution in [0.3, 0.4) is 0 Å². The van der Waals surface area contributed by atoms with Gasteiger partial charge >= 0.3 is 0 Å². The number of benzene rings is 2. The molecule has 30 heavy (non-hydrogen) atoms. The molecule has 0 radical (unpaired) electrons. The van der Waals surface area contributed by atoms with Gasteiger partial charge in [-0.15, -0.1) is 23.1 Å². The third kappa shape index (κ3) is 2.87. The zero-order valence-corrected chi connectivity index (χ0v) is 18.1. The van der Waals surface area contributed by atoms with Gasteiger partial charge in [0.25, 0.3) is 11.8 Å². The number of halogens is 2. The van der Waals surface area contributed by atoms with Crippen molar-refractivity contribution in [1.82, 2.24) is 4.90 Å². The number of hydrogen-bond donors (Lipinski definition) is 0. The van der Waals surface area contributed by atoms with Crippen molar-refractivity contribution < 1.29 is 14.0 Å². The first kappa shape index (κ1) is 19.6. The third-order valence-corrected chi connectivity index (χ3v) is 8.06. The van der Waals surface area contributed by atoms with E-state index in [9.17, 15) is 14.0 Å². The van der Waals surface area contributed by atoms with Crippen LogP contribution in [0.5, 0.6) is 0 Å². The van der Waals surface area contributed by atoms with Gasteiger partial charge in [0.1, 0.15) is 5.82 Å². The summed E-state index contributed by atoms with van der Waals surface area (Å²) < 4.78 is 14.3. The molecule has 0 N–H and O–H groups in total. The highest BCUT2D eigenvalue weighted by Gasteiger charge is 2.59. The number of nitrogens with zero attached hydrogens (tertiary/aromatic N) is 2. The molecule has 2 aliphatic heterocycles. The fourth-order valence-electron chi connectivity index (χ4n) is 4.07. The molecule has 0 saturated carbocycles. The zero-order chi connectivity index (χ0) is 20.9. The van der Waals surface area contributed by atoms with Gasteiger partial charge in [0, 0.05) is 22.9 Å². The average molecular weight is 459 g/mol. The molecule has 2 amide bonds. The summed E-state index contributed by atoms with van der Waals surface area (Å²) in [4.78, 5) is 29.6. The molecular formula is C22H16ClFN2O2S2. The quantitative estimate of drug-likeness (QED) is 0.546. The normalized spacial score (nSPS) is 20.3. The number of fused-ring (bicyclic) bond motifs is 2. The van der Waals surface area contributed by atoms with Crippen molar-refractivity contribution in [2.75, 3.05) is 17.2 Å². The molecule has 1 saturated heterocycles. The van der Waals surface area contributed by atoms with Crippen LogP contribution in [0.15, 0.2) is 60.0 Å². The van der Waals surface area contributed by atoms with E-state index in [2.05, 4.69) is 0 Å². The van der Waals surface area contributed by atoms with Gasteiger partial charge in [-0.2, -0.15) is 0 Å². The number of amides is 2. The van der Waals surface area contributed by atoms with Crippen molar-refractivity contribution in [2.45, 2.75) is 11.4 Å². The van der Waals surface area contributed by atoms with Crippen LogP contribution in [0.25, 0.3) is 0 Å². The van der Waals surface area contributed by atoms with Crippen LogP contribution in [-0.4, -0.2) is 29.0 Å². The Labute approximate surface area is 186 Å². The largest absolute Gasteiger partial charge is 0.310 e. The lowest BCUT2D eigenvalue weighted by atomic mass is 10.1. The number of anilines is 1. The maximum absolute atomic E-state index is 14.3. The molecule has 152 valence electrons. The van der Waals surface area contributed by atoms with Crippen LogP contribution in [0.1, 0.15) is 20.8 Å². The lowest BCUT2D eigenvalue weighted by Crippen LogP contribution is -2.50. The highest BCUT2D eigenvalue weighted by atomic mass is 35.5. The zero-order valence-electron chi connectivity index (χ0n) is 15.7. The van der Waals surface area contributed by atoms with Crippen molar-refractivity contribution in [3.63, 3.8) is 0 Å². The number of thioether (sulfide) groups is 1. The average Bonchev–Trinajstić information content (AvgIpc) is 3.47. The second-order valence-corrected chi connectivity index (χ2v) is 9.71. The Kier molecular flexibility index (Phi) is 4.84. The van der Waals surface area contributed by atoms with E-state index in [0.29, 0.717) is 33.4 Å². The van der Waals surface area contributed by atoms with Crippen LogP contribution in [0.2, 0.25) is 5.02 Å². The molecule has 2 aliphatic rings. The summed E-state index contributed by atoms with van der Waals surface area (Å²) in [6.45, 7) is 0.670. The van der Waals surface area contributed by atoms with E-state index in [4.69, 9.17) is 11.6 Å². The summed E-state index contributed by atoms with van der Waals surface area (Å²) >= 11 is 9.05. The van der Waals surface area contributed by atoms with Crippen LogP contribution in [-0.2, 0) is 16.2 Å². The highest BCUT2D eigenvalue weighted by molar-refractivity contribution is 8.01. The monoisotopic (exact) mass is 458 g/mol. The minimum atomic E-state index is -1.26. The fraction of sp³-hybridized carbons (Fsp3) is 0.182. The van der Waals surface area contributed by atoms with Gasteiger partial charge in [-0.05, 0) is 41.3 Å². The maximum atomic E-state index is 14.3. The van der Waals surface area contributed by atoms with E-state index in [1.54, 1.807) is 28.0 Å². The van der Waals surface area contributed by atoms with Crippen molar-refractivity contribution in [3.8, 4) is 0 Å². The summed E-state index contributed by atoms with van der Waals surface area (Å²) in [5, 5.41) is 2.39. The molecule has 1 atom stereocenters. The molecule has 5 rings (SSSR count). The first-order chi connectivity index (χ1) is 14.5. The van der Waals surface area contributed by atoms with Crippen LogP contribution >= 0.6 is 34.7 Å². The van der Waals surface area contributed by atoms with Crippen LogP contribution in [0.4, 0.5) is 10.1 Å². The van der Waals surface area contributed by atoms with Crippen molar-refractivity contribution in [1.29, 1.82) is 0 Å². The number of rotatable bonds is 3. The molecule has 8 heteroatoms. The summed E-state index contributed by atoms with van der Waals surface area (Å²) in [6, 6.07) is 15.2. The van der Waals surface area contributed by atoms with Crippen LogP contribution in [0, 0.1) is 5.82 Å². The van der Waals surface area contributed by atoms with Gasteiger partial charge in [-0.25, -0.2) is 4.39 Å². The molecule has 1 spiro atoms. The van der Waals surface area contributed by atoms with Gasteiger partial charge in [-0.3, -0.25) is 9.59 Å². The second kappa shape index (κ2) is 7.41. The Morgan fingerprint density at radius 3 is 2.77 bits per heavy atom. The third-order valence-electron chi connectivity index (χ3n) is 5.42. The van der Waals surface area contributed by atoms with Gasteiger partial charge in [0.2, 0.25) is 0 Å². The minimum Gasteiger partial charge on any atom is -0.310 e. The predicted octanol–water partition coefficient (Wildman–Crippen LogP) is 5.13.